The number of rotatable bonds is 0. The fourth-order valence-electron chi connectivity index (χ4n) is 1.12. The van der Waals surface area contributed by atoms with E-state index in [9.17, 15) is 0 Å². The zero-order chi connectivity index (χ0) is 5.28. The van der Waals surface area contributed by atoms with Crippen molar-refractivity contribution in [3.63, 3.8) is 0 Å². The summed E-state index contributed by atoms with van der Waals surface area (Å²) in [7, 11) is 0. The average molecular weight is 267 g/mol. The SMILES string of the molecule is C[C-]1CC[C-](C)C1.[Rb+].[Rb+]. The molecule has 42 valence electrons. The van der Waals surface area contributed by atoms with Gasteiger partial charge in [0.2, 0.25) is 0 Å². The van der Waals surface area contributed by atoms with Crippen molar-refractivity contribution >= 4 is 0 Å². The van der Waals surface area contributed by atoms with Gasteiger partial charge in [0.05, 0.1) is 0 Å². The summed E-state index contributed by atoms with van der Waals surface area (Å²) in [6.07, 6.45) is 4.01. The molecule has 0 aromatic rings. The van der Waals surface area contributed by atoms with Crippen molar-refractivity contribution in [3.8, 4) is 0 Å². The van der Waals surface area contributed by atoms with Gasteiger partial charge in [0.25, 0.3) is 0 Å². The molecule has 1 rings (SSSR count). The Bertz CT molecular complexity index is 55.9. The first-order valence-electron chi connectivity index (χ1n) is 2.91. The van der Waals surface area contributed by atoms with E-state index in [0.29, 0.717) is 0 Å². The van der Waals surface area contributed by atoms with Crippen LogP contribution in [-0.4, -0.2) is 0 Å². The number of hydrogen-bond acceptors (Lipinski definition) is 0. The molecule has 0 saturated heterocycles. The summed E-state index contributed by atoms with van der Waals surface area (Å²) in [5, 5.41) is 0. The minimum atomic E-state index is 0. The summed E-state index contributed by atoms with van der Waals surface area (Å²) in [5.74, 6) is 3.33. The summed E-state index contributed by atoms with van der Waals surface area (Å²) >= 11 is 0. The molecule has 0 aromatic carbocycles. The Morgan fingerprint density at radius 2 is 1.22 bits per heavy atom. The monoisotopic (exact) mass is 266 g/mol. The van der Waals surface area contributed by atoms with E-state index < -0.39 is 0 Å². The summed E-state index contributed by atoms with van der Waals surface area (Å²) in [6.45, 7) is 4.49. The van der Waals surface area contributed by atoms with Crippen LogP contribution in [0.15, 0.2) is 0 Å². The third kappa shape index (κ3) is 6.74. The third-order valence-electron chi connectivity index (χ3n) is 1.58. The van der Waals surface area contributed by atoms with Gasteiger partial charge in [-0.25, -0.2) is 12.8 Å². The molecule has 0 radical (unpaired) electrons. The summed E-state index contributed by atoms with van der Waals surface area (Å²) in [5.41, 5.74) is 0. The van der Waals surface area contributed by atoms with Crippen LogP contribution in [0.5, 0.6) is 0 Å². The van der Waals surface area contributed by atoms with Crippen LogP contribution in [-0.2, 0) is 0 Å². The average Bonchev–Trinajstić information content (AvgIpc) is 1.87. The van der Waals surface area contributed by atoms with E-state index in [4.69, 9.17) is 0 Å². The molecule has 2 heteroatoms. The Morgan fingerprint density at radius 1 is 0.889 bits per heavy atom. The van der Waals surface area contributed by atoms with Crippen molar-refractivity contribution in [3.05, 3.63) is 11.8 Å². The molecule has 1 aliphatic rings. The van der Waals surface area contributed by atoms with Gasteiger partial charge in [0.1, 0.15) is 0 Å². The van der Waals surface area contributed by atoms with Crippen molar-refractivity contribution in [1.29, 1.82) is 0 Å². The van der Waals surface area contributed by atoms with Crippen LogP contribution >= 0.6 is 0 Å². The van der Waals surface area contributed by atoms with Gasteiger partial charge in [0, 0.05) is 0 Å². The van der Waals surface area contributed by atoms with Crippen molar-refractivity contribution in [2.75, 3.05) is 0 Å². The van der Waals surface area contributed by atoms with E-state index >= 15 is 0 Å². The molecule has 0 nitrogen and oxygen atoms in total. The van der Waals surface area contributed by atoms with E-state index in [1.165, 1.54) is 19.3 Å². The van der Waals surface area contributed by atoms with Crippen LogP contribution in [0.4, 0.5) is 0 Å². The van der Waals surface area contributed by atoms with E-state index in [1.807, 2.05) is 0 Å². The molecule has 0 N–H and O–H groups in total. The first-order valence-corrected chi connectivity index (χ1v) is 2.91. The molecule has 0 aliphatic heterocycles. The maximum Gasteiger partial charge on any atom is 1.00 e. The summed E-state index contributed by atoms with van der Waals surface area (Å²) in [4.78, 5) is 0. The summed E-state index contributed by atoms with van der Waals surface area (Å²) in [6, 6.07) is 0. The van der Waals surface area contributed by atoms with Crippen molar-refractivity contribution in [2.24, 2.45) is 0 Å². The largest absolute Gasteiger partial charge is 1.00 e. The maximum absolute atomic E-state index is 2.25. The Labute approximate surface area is 157 Å². The second-order valence-corrected chi connectivity index (χ2v) is 2.59. The van der Waals surface area contributed by atoms with Gasteiger partial charge in [0.15, 0.2) is 0 Å². The molecule has 9 heavy (non-hydrogen) atoms. The van der Waals surface area contributed by atoms with Crippen LogP contribution in [0, 0.1) is 11.8 Å². The van der Waals surface area contributed by atoms with Gasteiger partial charge in [-0.1, -0.05) is 0 Å². The Hall–Kier alpha value is 3.61. The topological polar surface area (TPSA) is 0 Å². The smallest absolute Gasteiger partial charge is 0.348 e. The first kappa shape index (κ1) is 15.1. The van der Waals surface area contributed by atoms with Gasteiger partial charge in [-0.05, 0) is 0 Å². The molecule has 0 bridgehead atoms. The molecule has 0 heterocycles. The fraction of sp³-hybridized carbons (Fsp3) is 0.714. The van der Waals surface area contributed by atoms with Gasteiger partial charge >= 0.3 is 116 Å². The van der Waals surface area contributed by atoms with Crippen LogP contribution in [0.25, 0.3) is 0 Å². The summed E-state index contributed by atoms with van der Waals surface area (Å²) < 4.78 is 0. The molecule has 0 atom stereocenters. The first-order chi connectivity index (χ1) is 3.29. The van der Waals surface area contributed by atoms with Crippen LogP contribution in [0.3, 0.4) is 0 Å². The molecular weight excluding hydrogens is 255 g/mol. The molecule has 1 aliphatic carbocycles. The van der Waals surface area contributed by atoms with E-state index in [-0.39, 0.29) is 116 Å². The van der Waals surface area contributed by atoms with Gasteiger partial charge in [-0.3, -0.25) is 0 Å². The second-order valence-electron chi connectivity index (χ2n) is 2.59. The van der Waals surface area contributed by atoms with Crippen molar-refractivity contribution in [2.45, 2.75) is 33.1 Å². The predicted molar refractivity (Wildman–Crippen MR) is 31.7 cm³/mol. The van der Waals surface area contributed by atoms with Crippen LogP contribution < -0.4 is 116 Å². The van der Waals surface area contributed by atoms with Crippen molar-refractivity contribution < 1.29 is 116 Å². The maximum atomic E-state index is 2.25. The Morgan fingerprint density at radius 3 is 1.33 bits per heavy atom. The number of hydrogen-bond donors (Lipinski definition) is 0. The van der Waals surface area contributed by atoms with E-state index in [0.717, 1.165) is 0 Å². The molecule has 1 fully saturated rings. The zero-order valence-corrected chi connectivity index (χ0v) is 17.0. The second kappa shape index (κ2) is 8.22. The van der Waals surface area contributed by atoms with Crippen molar-refractivity contribution in [1.82, 2.24) is 0 Å². The molecule has 0 spiro atoms. The minimum Gasteiger partial charge on any atom is -0.348 e. The Kier molecular flexibility index (Phi) is 13.8. The fourth-order valence-corrected chi connectivity index (χ4v) is 1.12. The van der Waals surface area contributed by atoms with E-state index in [2.05, 4.69) is 13.8 Å². The predicted octanol–water partition coefficient (Wildman–Crippen LogP) is -3.63. The molecule has 0 amide bonds. The molecule has 0 aromatic heterocycles. The molecule has 1 saturated carbocycles. The standard InChI is InChI=1S/C7H12.2Rb/c1-6-3-4-7(2)5-6;;/h3-5H2,1-2H3;;/q-2;2*+1. The molecular formula is C7H12Rb2. The quantitative estimate of drug-likeness (QED) is 0.397. The molecule has 0 unspecified atom stereocenters. The normalized spacial score (nSPS) is 20.7. The zero-order valence-electron chi connectivity index (χ0n) is 7.12. The van der Waals surface area contributed by atoms with Crippen LogP contribution in [0.1, 0.15) is 33.1 Å². The Balaban J connectivity index is 0. The van der Waals surface area contributed by atoms with Crippen LogP contribution in [0.2, 0.25) is 0 Å². The van der Waals surface area contributed by atoms with Gasteiger partial charge in [-0.2, -0.15) is 13.8 Å². The van der Waals surface area contributed by atoms with E-state index in [1.54, 1.807) is 11.8 Å². The third-order valence-corrected chi connectivity index (χ3v) is 1.58. The minimum absolute atomic E-state index is 0. The van der Waals surface area contributed by atoms with Gasteiger partial charge in [-0.15, -0.1) is 0 Å². The van der Waals surface area contributed by atoms with Gasteiger partial charge < -0.3 is 18.3 Å².